The molecule has 4 rings (SSSR count). The Morgan fingerprint density at radius 3 is 2.29 bits per heavy atom. The monoisotopic (exact) mass is 393 g/mol. The summed E-state index contributed by atoms with van der Waals surface area (Å²) in [6.07, 6.45) is 0.815. The van der Waals surface area contributed by atoms with Crippen molar-refractivity contribution in [3.8, 4) is 5.75 Å². The first kappa shape index (κ1) is 18.7. The Hall–Kier alpha value is -2.63. The van der Waals surface area contributed by atoms with E-state index in [1.165, 1.54) is 0 Å². The maximum atomic E-state index is 12.5. The summed E-state index contributed by atoms with van der Waals surface area (Å²) in [5, 5.41) is 0. The quantitative estimate of drug-likeness (QED) is 0.647. The van der Waals surface area contributed by atoms with E-state index >= 15 is 0 Å². The molecule has 0 aliphatic heterocycles. The normalized spacial score (nSPS) is 18.6. The third kappa shape index (κ3) is 4.43. The zero-order valence-electron chi connectivity index (χ0n) is 15.7. The second kappa shape index (κ2) is 7.78. The summed E-state index contributed by atoms with van der Waals surface area (Å²) in [4.78, 5) is 0.313. The summed E-state index contributed by atoms with van der Waals surface area (Å²) in [5.74, 6) is 1.02. The van der Waals surface area contributed by atoms with E-state index in [2.05, 4.69) is 4.72 Å². The highest BCUT2D eigenvalue weighted by molar-refractivity contribution is 7.89. The SMILES string of the molecule is Cc1ccc(S(=O)(=O)N[C@@H]2C[C@H]2c2ccc(OCc3ccccc3)cc2)cc1. The van der Waals surface area contributed by atoms with Crippen molar-refractivity contribution in [1.29, 1.82) is 0 Å². The largest absolute Gasteiger partial charge is 0.489 e. The summed E-state index contributed by atoms with van der Waals surface area (Å²) in [5.41, 5.74) is 3.29. The predicted octanol–water partition coefficient (Wildman–Crippen LogP) is 4.41. The molecule has 1 aliphatic rings. The third-order valence-electron chi connectivity index (χ3n) is 4.98. The van der Waals surface area contributed by atoms with Crippen molar-refractivity contribution in [2.24, 2.45) is 0 Å². The Kier molecular flexibility index (Phi) is 5.20. The molecule has 0 bridgehead atoms. The fourth-order valence-electron chi connectivity index (χ4n) is 3.23. The fourth-order valence-corrected chi connectivity index (χ4v) is 4.52. The van der Waals surface area contributed by atoms with Gasteiger partial charge in [-0.3, -0.25) is 0 Å². The lowest BCUT2D eigenvalue weighted by molar-refractivity contribution is 0.306. The van der Waals surface area contributed by atoms with Crippen LogP contribution in [0.5, 0.6) is 5.75 Å². The van der Waals surface area contributed by atoms with Crippen molar-refractivity contribution in [2.75, 3.05) is 0 Å². The van der Waals surface area contributed by atoms with E-state index in [4.69, 9.17) is 4.74 Å². The zero-order valence-corrected chi connectivity index (χ0v) is 16.5. The number of rotatable bonds is 7. The van der Waals surface area contributed by atoms with Gasteiger partial charge in [0.15, 0.2) is 0 Å². The fraction of sp³-hybridized carbons (Fsp3) is 0.217. The lowest BCUT2D eigenvalue weighted by Crippen LogP contribution is -2.26. The molecule has 144 valence electrons. The molecular formula is C23H23NO3S. The second-order valence-electron chi connectivity index (χ2n) is 7.23. The molecule has 0 amide bonds. The highest BCUT2D eigenvalue weighted by atomic mass is 32.2. The molecule has 1 aliphatic carbocycles. The Bertz CT molecular complexity index is 1030. The van der Waals surface area contributed by atoms with Crippen molar-refractivity contribution in [3.63, 3.8) is 0 Å². The topological polar surface area (TPSA) is 55.4 Å². The predicted molar refractivity (Wildman–Crippen MR) is 110 cm³/mol. The molecule has 28 heavy (non-hydrogen) atoms. The molecule has 0 saturated heterocycles. The van der Waals surface area contributed by atoms with Crippen LogP contribution in [-0.2, 0) is 16.6 Å². The molecule has 0 aromatic heterocycles. The molecule has 1 saturated carbocycles. The lowest BCUT2D eigenvalue weighted by Gasteiger charge is -2.09. The van der Waals surface area contributed by atoms with Crippen LogP contribution in [0.3, 0.4) is 0 Å². The number of hydrogen-bond acceptors (Lipinski definition) is 3. The molecule has 0 radical (unpaired) electrons. The summed E-state index contributed by atoms with van der Waals surface area (Å²) in [6, 6.07) is 24.8. The molecule has 0 unspecified atom stereocenters. The third-order valence-corrected chi connectivity index (χ3v) is 6.49. The minimum Gasteiger partial charge on any atom is -0.489 e. The van der Waals surface area contributed by atoms with Crippen LogP contribution in [0, 0.1) is 6.92 Å². The molecule has 3 aromatic carbocycles. The smallest absolute Gasteiger partial charge is 0.240 e. The van der Waals surface area contributed by atoms with E-state index in [0.717, 1.165) is 28.9 Å². The average molecular weight is 394 g/mol. The van der Waals surface area contributed by atoms with Crippen molar-refractivity contribution in [1.82, 2.24) is 4.72 Å². The van der Waals surface area contributed by atoms with E-state index in [1.54, 1.807) is 12.1 Å². The van der Waals surface area contributed by atoms with E-state index < -0.39 is 10.0 Å². The van der Waals surface area contributed by atoms with Gasteiger partial charge in [-0.2, -0.15) is 0 Å². The number of nitrogens with one attached hydrogen (secondary N) is 1. The van der Waals surface area contributed by atoms with Gasteiger partial charge in [0.2, 0.25) is 10.0 Å². The summed E-state index contributed by atoms with van der Waals surface area (Å²) in [7, 11) is -3.48. The van der Waals surface area contributed by atoms with Gasteiger partial charge in [0.25, 0.3) is 0 Å². The van der Waals surface area contributed by atoms with Crippen LogP contribution in [0.2, 0.25) is 0 Å². The van der Waals surface area contributed by atoms with Gasteiger partial charge >= 0.3 is 0 Å². The molecule has 0 heterocycles. The van der Waals surface area contributed by atoms with Gasteiger partial charge < -0.3 is 4.74 Å². The maximum Gasteiger partial charge on any atom is 0.240 e. The number of sulfonamides is 1. The molecular weight excluding hydrogens is 370 g/mol. The minimum atomic E-state index is -3.48. The number of benzene rings is 3. The van der Waals surface area contributed by atoms with Gasteiger partial charge in [-0.05, 0) is 48.7 Å². The number of aryl methyl sites for hydroxylation is 1. The highest BCUT2D eigenvalue weighted by Gasteiger charge is 2.41. The van der Waals surface area contributed by atoms with E-state index in [0.29, 0.717) is 11.5 Å². The minimum absolute atomic E-state index is 0.0533. The van der Waals surface area contributed by atoms with Crippen molar-refractivity contribution < 1.29 is 13.2 Å². The standard InChI is InChI=1S/C23H23NO3S/c1-17-7-13-21(14-8-17)28(25,26)24-23-15-22(23)19-9-11-20(12-10-19)27-16-18-5-3-2-4-6-18/h2-14,22-24H,15-16H2,1H3/t22-,23+/m0/s1. The van der Waals surface area contributed by atoms with Crippen LogP contribution in [0.4, 0.5) is 0 Å². The summed E-state index contributed by atoms with van der Waals surface area (Å²) in [6.45, 7) is 2.47. The van der Waals surface area contributed by atoms with Gasteiger partial charge in [-0.15, -0.1) is 0 Å². The highest BCUT2D eigenvalue weighted by Crippen LogP contribution is 2.42. The first-order chi connectivity index (χ1) is 13.5. The van der Waals surface area contributed by atoms with Crippen molar-refractivity contribution in [3.05, 3.63) is 95.6 Å². The Balaban J connectivity index is 1.34. The van der Waals surface area contributed by atoms with E-state index in [9.17, 15) is 8.42 Å². The first-order valence-electron chi connectivity index (χ1n) is 9.37. The molecule has 1 N–H and O–H groups in total. The molecule has 0 spiro atoms. The van der Waals surface area contributed by atoms with Crippen LogP contribution < -0.4 is 9.46 Å². The molecule has 5 heteroatoms. The van der Waals surface area contributed by atoms with Crippen LogP contribution in [-0.4, -0.2) is 14.5 Å². The number of hydrogen-bond donors (Lipinski definition) is 1. The van der Waals surface area contributed by atoms with E-state index in [-0.39, 0.29) is 12.0 Å². The van der Waals surface area contributed by atoms with Crippen molar-refractivity contribution >= 4 is 10.0 Å². The van der Waals surface area contributed by atoms with Gasteiger partial charge in [0, 0.05) is 12.0 Å². The second-order valence-corrected chi connectivity index (χ2v) is 8.94. The van der Waals surface area contributed by atoms with Gasteiger partial charge in [0.05, 0.1) is 4.90 Å². The summed E-state index contributed by atoms with van der Waals surface area (Å²) < 4.78 is 33.7. The Morgan fingerprint density at radius 2 is 1.61 bits per heavy atom. The maximum absolute atomic E-state index is 12.5. The van der Waals surface area contributed by atoms with Crippen LogP contribution in [0.15, 0.2) is 83.8 Å². The molecule has 1 fully saturated rings. The Labute approximate surface area is 166 Å². The van der Waals surface area contributed by atoms with Crippen LogP contribution in [0.1, 0.15) is 29.0 Å². The van der Waals surface area contributed by atoms with Crippen molar-refractivity contribution in [2.45, 2.75) is 36.8 Å². The van der Waals surface area contributed by atoms with Crippen LogP contribution >= 0.6 is 0 Å². The van der Waals surface area contributed by atoms with Gasteiger partial charge in [-0.1, -0.05) is 60.2 Å². The van der Waals surface area contributed by atoms with Crippen LogP contribution in [0.25, 0.3) is 0 Å². The average Bonchev–Trinajstić information content (AvgIpc) is 3.46. The zero-order chi connectivity index (χ0) is 19.6. The van der Waals surface area contributed by atoms with E-state index in [1.807, 2.05) is 73.7 Å². The molecule has 2 atom stereocenters. The first-order valence-corrected chi connectivity index (χ1v) is 10.9. The van der Waals surface area contributed by atoms with Gasteiger partial charge in [-0.25, -0.2) is 13.1 Å². The summed E-state index contributed by atoms with van der Waals surface area (Å²) >= 11 is 0. The van der Waals surface area contributed by atoms with Gasteiger partial charge in [0.1, 0.15) is 12.4 Å². The molecule has 3 aromatic rings. The Morgan fingerprint density at radius 1 is 0.929 bits per heavy atom. The number of ether oxygens (including phenoxy) is 1. The molecule has 4 nitrogen and oxygen atoms in total. The lowest BCUT2D eigenvalue weighted by atomic mass is 10.1.